The van der Waals surface area contributed by atoms with Crippen molar-refractivity contribution in [2.45, 2.75) is 12.5 Å². The highest BCUT2D eigenvalue weighted by Crippen LogP contribution is 2.24. The van der Waals surface area contributed by atoms with Crippen LogP contribution in [-0.2, 0) is 9.59 Å². The van der Waals surface area contributed by atoms with Crippen LogP contribution < -0.4 is 16.0 Å². The van der Waals surface area contributed by atoms with Gasteiger partial charge < -0.3 is 16.0 Å². The fraction of sp³-hybridized carbons (Fsp3) is 0.105. The summed E-state index contributed by atoms with van der Waals surface area (Å²) in [5, 5.41) is 10.2. The number of carbonyl (C=O) groups is 3. The van der Waals surface area contributed by atoms with Gasteiger partial charge in [0.15, 0.2) is 5.13 Å². The average molecular weight is 393 g/mol. The Balaban J connectivity index is 1.42. The normalized spacial score (nSPS) is 15.8. The third kappa shape index (κ3) is 3.74. The molecule has 1 aliphatic rings. The minimum atomic E-state index is -0.974. The summed E-state index contributed by atoms with van der Waals surface area (Å²) in [5.74, 6) is -1.26. The molecule has 3 aromatic rings. The lowest BCUT2D eigenvalue weighted by Gasteiger charge is -2.13. The van der Waals surface area contributed by atoms with E-state index in [1.807, 2.05) is 11.4 Å². The molecule has 1 atom stereocenters. The van der Waals surface area contributed by atoms with E-state index in [4.69, 9.17) is 0 Å². The molecular weight excluding hydrogens is 378 g/mol. The molecule has 140 valence electrons. The minimum absolute atomic E-state index is 0.201. The number of fused-ring (bicyclic) bond motifs is 1. The van der Waals surface area contributed by atoms with Crippen LogP contribution in [0.25, 0.3) is 11.3 Å². The van der Waals surface area contributed by atoms with Crippen molar-refractivity contribution in [3.05, 3.63) is 59.7 Å². The van der Waals surface area contributed by atoms with Crippen LogP contribution >= 0.6 is 11.3 Å². The summed E-state index contributed by atoms with van der Waals surface area (Å²) in [4.78, 5) is 45.5. The van der Waals surface area contributed by atoms with Gasteiger partial charge in [-0.25, -0.2) is 4.98 Å². The van der Waals surface area contributed by atoms with Gasteiger partial charge in [-0.2, -0.15) is 0 Å². The molecule has 8 nitrogen and oxygen atoms in total. The van der Waals surface area contributed by atoms with E-state index in [9.17, 15) is 14.4 Å². The Bertz CT molecular complexity index is 1050. The van der Waals surface area contributed by atoms with E-state index >= 15 is 0 Å². The number of hydrogen-bond donors (Lipinski definition) is 3. The highest BCUT2D eigenvalue weighted by atomic mass is 32.1. The van der Waals surface area contributed by atoms with Crippen molar-refractivity contribution in [2.75, 3.05) is 10.6 Å². The number of para-hydroxylation sites is 1. The highest BCUT2D eigenvalue weighted by molar-refractivity contribution is 7.14. The van der Waals surface area contributed by atoms with E-state index in [0.29, 0.717) is 22.1 Å². The van der Waals surface area contributed by atoms with Crippen molar-refractivity contribution in [2.24, 2.45) is 0 Å². The summed E-state index contributed by atoms with van der Waals surface area (Å²) >= 11 is 1.27. The number of carbonyl (C=O) groups excluding carboxylic acids is 3. The first kappa shape index (κ1) is 17.8. The molecule has 2 aromatic heterocycles. The molecule has 3 heterocycles. The Kier molecular flexibility index (Phi) is 4.81. The van der Waals surface area contributed by atoms with E-state index in [-0.39, 0.29) is 6.42 Å². The largest absolute Gasteiger partial charge is 0.340 e. The van der Waals surface area contributed by atoms with E-state index in [0.717, 1.165) is 5.56 Å². The molecule has 3 amide bonds. The lowest BCUT2D eigenvalue weighted by atomic mass is 10.1. The SMILES string of the molecule is O=C(C[C@@H]1NC(=O)c2ccccc2NC1=O)Nc1nc(-c2cccnc2)cs1. The molecular formula is C19H15N5O3S. The summed E-state index contributed by atoms with van der Waals surface area (Å²) in [7, 11) is 0. The highest BCUT2D eigenvalue weighted by Gasteiger charge is 2.29. The van der Waals surface area contributed by atoms with Crippen molar-refractivity contribution in [1.29, 1.82) is 0 Å². The molecule has 3 N–H and O–H groups in total. The lowest BCUT2D eigenvalue weighted by molar-refractivity contribution is -0.122. The first-order valence-corrected chi connectivity index (χ1v) is 9.34. The molecule has 0 saturated heterocycles. The Morgan fingerprint density at radius 3 is 2.86 bits per heavy atom. The molecule has 1 aromatic carbocycles. The number of thiazole rings is 1. The number of pyridine rings is 1. The second kappa shape index (κ2) is 7.57. The van der Waals surface area contributed by atoms with Gasteiger partial charge in [0, 0.05) is 23.3 Å². The van der Waals surface area contributed by atoms with Crippen LogP contribution in [0.3, 0.4) is 0 Å². The first-order valence-electron chi connectivity index (χ1n) is 8.47. The van der Waals surface area contributed by atoms with Crippen LogP contribution in [0.4, 0.5) is 10.8 Å². The molecule has 0 aliphatic carbocycles. The van der Waals surface area contributed by atoms with Crippen LogP contribution in [0.2, 0.25) is 0 Å². The predicted molar refractivity (Wildman–Crippen MR) is 105 cm³/mol. The monoisotopic (exact) mass is 393 g/mol. The average Bonchev–Trinajstić information content (AvgIpc) is 3.12. The van der Waals surface area contributed by atoms with Crippen LogP contribution in [0.5, 0.6) is 0 Å². The first-order chi connectivity index (χ1) is 13.6. The molecule has 0 saturated carbocycles. The quantitative estimate of drug-likeness (QED) is 0.629. The predicted octanol–water partition coefficient (Wildman–Crippen LogP) is 2.28. The van der Waals surface area contributed by atoms with Crippen LogP contribution in [0.1, 0.15) is 16.8 Å². The topological polar surface area (TPSA) is 113 Å². The van der Waals surface area contributed by atoms with Crippen molar-refractivity contribution in [3.63, 3.8) is 0 Å². The fourth-order valence-corrected chi connectivity index (χ4v) is 3.52. The van der Waals surface area contributed by atoms with Crippen LogP contribution in [0.15, 0.2) is 54.2 Å². The van der Waals surface area contributed by atoms with Gasteiger partial charge in [0.05, 0.1) is 23.4 Å². The maximum atomic E-state index is 12.4. The number of hydrogen-bond acceptors (Lipinski definition) is 6. The number of rotatable bonds is 4. The van der Waals surface area contributed by atoms with Gasteiger partial charge in [-0.15, -0.1) is 11.3 Å². The van der Waals surface area contributed by atoms with Gasteiger partial charge in [-0.3, -0.25) is 19.4 Å². The summed E-state index contributed by atoms with van der Waals surface area (Å²) in [6.07, 6.45) is 3.15. The van der Waals surface area contributed by atoms with E-state index in [2.05, 4.69) is 25.9 Å². The van der Waals surface area contributed by atoms with Gasteiger partial charge >= 0.3 is 0 Å². The molecule has 1 aliphatic heterocycles. The van der Waals surface area contributed by atoms with E-state index in [1.165, 1.54) is 11.3 Å². The third-order valence-electron chi connectivity index (χ3n) is 4.15. The Hall–Kier alpha value is -3.59. The zero-order valence-electron chi connectivity index (χ0n) is 14.5. The fourth-order valence-electron chi connectivity index (χ4n) is 2.79. The number of aromatic nitrogens is 2. The van der Waals surface area contributed by atoms with Crippen LogP contribution in [-0.4, -0.2) is 33.7 Å². The molecule has 0 unspecified atom stereocenters. The van der Waals surface area contributed by atoms with Crippen molar-refractivity contribution < 1.29 is 14.4 Å². The summed E-state index contributed by atoms with van der Waals surface area (Å²) < 4.78 is 0. The summed E-state index contributed by atoms with van der Waals surface area (Å²) in [5.41, 5.74) is 2.32. The van der Waals surface area contributed by atoms with E-state index in [1.54, 1.807) is 42.7 Å². The lowest BCUT2D eigenvalue weighted by Crippen LogP contribution is -2.43. The van der Waals surface area contributed by atoms with Crippen molar-refractivity contribution in [3.8, 4) is 11.3 Å². The number of nitrogens with zero attached hydrogens (tertiary/aromatic N) is 2. The molecule has 0 bridgehead atoms. The van der Waals surface area contributed by atoms with Gasteiger partial charge in [0.2, 0.25) is 11.8 Å². The summed E-state index contributed by atoms with van der Waals surface area (Å²) in [6, 6.07) is 9.39. The molecule has 0 radical (unpaired) electrons. The van der Waals surface area contributed by atoms with Crippen molar-refractivity contribution >= 4 is 39.9 Å². The van der Waals surface area contributed by atoms with Gasteiger partial charge in [-0.1, -0.05) is 12.1 Å². The van der Waals surface area contributed by atoms with E-state index < -0.39 is 23.8 Å². The maximum absolute atomic E-state index is 12.4. The number of nitrogens with one attached hydrogen (secondary N) is 3. The number of benzene rings is 1. The second-order valence-electron chi connectivity index (χ2n) is 6.09. The van der Waals surface area contributed by atoms with Gasteiger partial charge in [0.1, 0.15) is 6.04 Å². The number of anilines is 2. The number of amides is 3. The third-order valence-corrected chi connectivity index (χ3v) is 4.91. The molecule has 9 heteroatoms. The zero-order chi connectivity index (χ0) is 19.5. The summed E-state index contributed by atoms with van der Waals surface area (Å²) in [6.45, 7) is 0. The Morgan fingerprint density at radius 1 is 1.18 bits per heavy atom. The molecule has 0 spiro atoms. The standard InChI is InChI=1S/C19H15N5O3S/c25-16(24-19-23-15(10-28-19)11-4-3-7-20-9-11)8-14-18(27)21-13-6-2-1-5-12(13)17(26)22-14/h1-7,9-10,14H,8H2,(H,21,27)(H,22,26)(H,23,24,25)/t14-/m0/s1. The maximum Gasteiger partial charge on any atom is 0.254 e. The molecule has 0 fully saturated rings. The smallest absolute Gasteiger partial charge is 0.254 e. The molecule has 28 heavy (non-hydrogen) atoms. The van der Waals surface area contributed by atoms with Gasteiger partial charge in [-0.05, 0) is 24.3 Å². The van der Waals surface area contributed by atoms with Crippen LogP contribution in [0, 0.1) is 0 Å². The Labute approximate surface area is 164 Å². The second-order valence-corrected chi connectivity index (χ2v) is 6.95. The minimum Gasteiger partial charge on any atom is -0.340 e. The van der Waals surface area contributed by atoms with Crippen molar-refractivity contribution in [1.82, 2.24) is 15.3 Å². The Morgan fingerprint density at radius 2 is 2.04 bits per heavy atom. The molecule has 4 rings (SSSR count). The van der Waals surface area contributed by atoms with Gasteiger partial charge in [0.25, 0.3) is 5.91 Å². The zero-order valence-corrected chi connectivity index (χ0v) is 15.3.